The summed E-state index contributed by atoms with van der Waals surface area (Å²) in [5.74, 6) is 0. The molecule has 4 nitrogen and oxygen atoms in total. The van der Waals surface area contributed by atoms with Crippen LogP contribution in [0.25, 0.3) is 0 Å². The van der Waals surface area contributed by atoms with Crippen LogP contribution >= 0.6 is 0 Å². The summed E-state index contributed by atoms with van der Waals surface area (Å²) in [5, 5.41) is 0. The SMILES string of the molecule is COCC(C)N(C)C[C@@H](N)[C@@H](C)OC(C)(C)C. The van der Waals surface area contributed by atoms with Crippen LogP contribution in [0.3, 0.4) is 0 Å². The van der Waals surface area contributed by atoms with Gasteiger partial charge in [-0.3, -0.25) is 4.90 Å². The first-order chi connectivity index (χ1) is 7.67. The van der Waals surface area contributed by atoms with E-state index in [0.717, 1.165) is 13.2 Å². The van der Waals surface area contributed by atoms with Crippen molar-refractivity contribution >= 4 is 0 Å². The molecule has 0 aromatic carbocycles. The fourth-order valence-corrected chi connectivity index (χ4v) is 1.67. The number of nitrogens with zero attached hydrogens (tertiary/aromatic N) is 1. The van der Waals surface area contributed by atoms with Crippen molar-refractivity contribution in [3.05, 3.63) is 0 Å². The lowest BCUT2D eigenvalue weighted by Gasteiger charge is -2.33. The van der Waals surface area contributed by atoms with Crippen molar-refractivity contribution in [3.8, 4) is 0 Å². The summed E-state index contributed by atoms with van der Waals surface area (Å²) in [7, 11) is 3.78. The van der Waals surface area contributed by atoms with E-state index in [9.17, 15) is 0 Å². The Morgan fingerprint density at radius 1 is 1.24 bits per heavy atom. The van der Waals surface area contributed by atoms with Crippen LogP contribution in [-0.4, -0.2) is 56.0 Å². The average molecular weight is 246 g/mol. The molecule has 2 N–H and O–H groups in total. The van der Waals surface area contributed by atoms with Crippen molar-refractivity contribution in [2.75, 3.05) is 27.3 Å². The number of ether oxygens (including phenoxy) is 2. The molecule has 0 amide bonds. The molecular formula is C13H30N2O2. The third kappa shape index (κ3) is 7.71. The molecule has 0 bridgehead atoms. The average Bonchev–Trinajstić information content (AvgIpc) is 2.15. The first-order valence-corrected chi connectivity index (χ1v) is 6.30. The second-order valence-electron chi connectivity index (χ2n) is 5.84. The molecule has 0 radical (unpaired) electrons. The van der Waals surface area contributed by atoms with E-state index < -0.39 is 0 Å². The van der Waals surface area contributed by atoms with Crippen molar-refractivity contribution < 1.29 is 9.47 Å². The number of methoxy groups -OCH3 is 1. The molecule has 0 aromatic heterocycles. The van der Waals surface area contributed by atoms with Crippen LogP contribution in [0.2, 0.25) is 0 Å². The van der Waals surface area contributed by atoms with Gasteiger partial charge in [-0.25, -0.2) is 0 Å². The maximum Gasteiger partial charge on any atom is 0.0717 e. The van der Waals surface area contributed by atoms with Gasteiger partial charge in [-0.1, -0.05) is 0 Å². The Kier molecular flexibility index (Phi) is 7.24. The summed E-state index contributed by atoms with van der Waals surface area (Å²) in [4.78, 5) is 2.21. The van der Waals surface area contributed by atoms with Crippen molar-refractivity contribution in [1.29, 1.82) is 0 Å². The third-order valence-corrected chi connectivity index (χ3v) is 2.80. The van der Waals surface area contributed by atoms with Gasteiger partial charge >= 0.3 is 0 Å². The van der Waals surface area contributed by atoms with Gasteiger partial charge in [0.1, 0.15) is 0 Å². The Hall–Kier alpha value is -0.160. The Bertz CT molecular complexity index is 204. The maximum absolute atomic E-state index is 6.15. The molecule has 0 fully saturated rings. The molecule has 0 saturated carbocycles. The third-order valence-electron chi connectivity index (χ3n) is 2.80. The largest absolute Gasteiger partial charge is 0.383 e. The minimum absolute atomic E-state index is 0.0125. The van der Waals surface area contributed by atoms with Gasteiger partial charge in [0.2, 0.25) is 0 Å². The van der Waals surface area contributed by atoms with Gasteiger partial charge in [-0.05, 0) is 41.7 Å². The lowest BCUT2D eigenvalue weighted by molar-refractivity contribution is -0.0654. The van der Waals surface area contributed by atoms with Crippen LogP contribution in [0.1, 0.15) is 34.6 Å². The van der Waals surface area contributed by atoms with Gasteiger partial charge in [0.15, 0.2) is 0 Å². The Balaban J connectivity index is 4.10. The Morgan fingerprint density at radius 3 is 2.18 bits per heavy atom. The molecule has 1 unspecified atom stereocenters. The first kappa shape index (κ1) is 16.8. The molecule has 0 rings (SSSR count). The maximum atomic E-state index is 6.15. The molecule has 0 heterocycles. The predicted octanol–water partition coefficient (Wildman–Crippen LogP) is 1.48. The van der Waals surface area contributed by atoms with E-state index in [-0.39, 0.29) is 17.7 Å². The smallest absolute Gasteiger partial charge is 0.0717 e. The quantitative estimate of drug-likeness (QED) is 0.739. The molecule has 0 aliphatic heterocycles. The second kappa shape index (κ2) is 7.31. The van der Waals surface area contributed by atoms with Crippen molar-refractivity contribution in [1.82, 2.24) is 4.90 Å². The molecule has 0 aliphatic rings. The number of hydrogen-bond acceptors (Lipinski definition) is 4. The van der Waals surface area contributed by atoms with Gasteiger partial charge < -0.3 is 15.2 Å². The van der Waals surface area contributed by atoms with Crippen molar-refractivity contribution in [2.24, 2.45) is 5.73 Å². The Labute approximate surface area is 106 Å². The van der Waals surface area contributed by atoms with Gasteiger partial charge in [0.05, 0.1) is 18.3 Å². The van der Waals surface area contributed by atoms with Crippen LogP contribution in [0.5, 0.6) is 0 Å². The lowest BCUT2D eigenvalue weighted by atomic mass is 10.1. The number of hydrogen-bond donors (Lipinski definition) is 1. The van der Waals surface area contributed by atoms with E-state index in [2.05, 4.69) is 18.9 Å². The summed E-state index contributed by atoms with van der Waals surface area (Å²) >= 11 is 0. The second-order valence-corrected chi connectivity index (χ2v) is 5.84. The molecule has 0 aliphatic carbocycles. The zero-order valence-corrected chi connectivity index (χ0v) is 12.5. The van der Waals surface area contributed by atoms with Crippen LogP contribution in [0.15, 0.2) is 0 Å². The van der Waals surface area contributed by atoms with Crippen LogP contribution in [-0.2, 0) is 9.47 Å². The predicted molar refractivity (Wildman–Crippen MR) is 72.2 cm³/mol. The van der Waals surface area contributed by atoms with Gasteiger partial charge in [-0.2, -0.15) is 0 Å². The lowest BCUT2D eigenvalue weighted by Crippen LogP contribution is -2.48. The van der Waals surface area contributed by atoms with Gasteiger partial charge in [-0.15, -0.1) is 0 Å². The molecule has 0 aromatic rings. The van der Waals surface area contributed by atoms with E-state index in [1.807, 2.05) is 27.7 Å². The molecule has 4 heteroatoms. The zero-order valence-electron chi connectivity index (χ0n) is 12.5. The fourth-order valence-electron chi connectivity index (χ4n) is 1.67. The molecular weight excluding hydrogens is 216 g/mol. The highest BCUT2D eigenvalue weighted by Gasteiger charge is 2.22. The molecule has 17 heavy (non-hydrogen) atoms. The highest BCUT2D eigenvalue weighted by molar-refractivity contribution is 4.77. The highest BCUT2D eigenvalue weighted by atomic mass is 16.5. The molecule has 104 valence electrons. The summed E-state index contributed by atoms with van der Waals surface area (Å²) in [6.45, 7) is 11.8. The molecule has 3 atom stereocenters. The normalized spacial score (nSPS) is 18.2. The minimum atomic E-state index is -0.145. The summed E-state index contributed by atoms with van der Waals surface area (Å²) in [6.07, 6.45) is 0.0483. The molecule has 0 spiro atoms. The molecule has 0 saturated heterocycles. The highest BCUT2D eigenvalue weighted by Crippen LogP contribution is 2.13. The summed E-state index contributed by atoms with van der Waals surface area (Å²) in [6, 6.07) is 0.381. The monoisotopic (exact) mass is 246 g/mol. The number of likely N-dealkylation sites (N-methyl/N-ethyl adjacent to an activating group) is 1. The topological polar surface area (TPSA) is 47.7 Å². The van der Waals surface area contributed by atoms with E-state index in [0.29, 0.717) is 6.04 Å². The zero-order chi connectivity index (χ0) is 13.6. The van der Waals surface area contributed by atoms with Crippen LogP contribution in [0.4, 0.5) is 0 Å². The van der Waals surface area contributed by atoms with E-state index in [1.165, 1.54) is 0 Å². The minimum Gasteiger partial charge on any atom is -0.383 e. The van der Waals surface area contributed by atoms with Crippen LogP contribution < -0.4 is 5.73 Å². The standard InChI is InChI=1S/C13H30N2O2/c1-10(9-16-7)15(6)8-12(14)11(2)17-13(3,4)5/h10-12H,8-9,14H2,1-7H3/t10?,11-,12-/m1/s1. The Morgan fingerprint density at radius 2 is 1.76 bits per heavy atom. The summed E-state index contributed by atoms with van der Waals surface area (Å²) < 4.78 is 11.0. The van der Waals surface area contributed by atoms with E-state index >= 15 is 0 Å². The fraction of sp³-hybridized carbons (Fsp3) is 1.00. The van der Waals surface area contributed by atoms with E-state index in [1.54, 1.807) is 7.11 Å². The van der Waals surface area contributed by atoms with Gasteiger partial charge in [0, 0.05) is 25.7 Å². The van der Waals surface area contributed by atoms with Crippen LogP contribution in [0, 0.1) is 0 Å². The summed E-state index contributed by atoms with van der Waals surface area (Å²) in [5.41, 5.74) is 6.01. The first-order valence-electron chi connectivity index (χ1n) is 6.30. The van der Waals surface area contributed by atoms with Crippen molar-refractivity contribution in [3.63, 3.8) is 0 Å². The number of rotatable bonds is 7. The van der Waals surface area contributed by atoms with E-state index in [4.69, 9.17) is 15.2 Å². The van der Waals surface area contributed by atoms with Crippen molar-refractivity contribution in [2.45, 2.75) is 58.4 Å². The van der Waals surface area contributed by atoms with Gasteiger partial charge in [0.25, 0.3) is 0 Å². The number of nitrogens with two attached hydrogens (primary N) is 1.